The summed E-state index contributed by atoms with van der Waals surface area (Å²) in [5.74, 6) is 0.163. The lowest BCUT2D eigenvalue weighted by atomic mass is 10.1. The van der Waals surface area contributed by atoms with E-state index in [-0.39, 0.29) is 4.90 Å². The second-order valence-electron chi connectivity index (χ2n) is 6.11. The van der Waals surface area contributed by atoms with Crippen LogP contribution in [0.5, 0.6) is 5.75 Å². The largest absolute Gasteiger partial charge is 0.494 e. The van der Waals surface area contributed by atoms with Crippen molar-refractivity contribution in [3.63, 3.8) is 0 Å². The minimum atomic E-state index is -3.81. The summed E-state index contributed by atoms with van der Waals surface area (Å²) < 4.78 is 32.6. The van der Waals surface area contributed by atoms with E-state index >= 15 is 0 Å². The summed E-state index contributed by atoms with van der Waals surface area (Å²) in [6.45, 7) is 7.72. The van der Waals surface area contributed by atoms with Gasteiger partial charge in [-0.05, 0) is 75.2 Å². The Hall–Kier alpha value is -2.38. The molecule has 7 heteroatoms. The van der Waals surface area contributed by atoms with E-state index in [1.165, 1.54) is 19.1 Å². The SMILES string of the molecule is CCOc1ccc(S(=O)(=O)N[C@@H](C)C(=O)Nc2cc(C)cc(C)c2)cc1. The number of hydrogen-bond donors (Lipinski definition) is 2. The molecule has 0 unspecified atom stereocenters. The highest BCUT2D eigenvalue weighted by Gasteiger charge is 2.22. The third kappa shape index (κ3) is 5.31. The summed E-state index contributed by atoms with van der Waals surface area (Å²) >= 11 is 0. The molecule has 0 saturated carbocycles. The maximum absolute atomic E-state index is 12.4. The first-order valence-corrected chi connectivity index (χ1v) is 9.84. The van der Waals surface area contributed by atoms with Gasteiger partial charge in [-0.3, -0.25) is 4.79 Å². The van der Waals surface area contributed by atoms with Gasteiger partial charge < -0.3 is 10.1 Å². The Labute approximate surface area is 154 Å². The van der Waals surface area contributed by atoms with Gasteiger partial charge >= 0.3 is 0 Å². The molecule has 0 bridgehead atoms. The lowest BCUT2D eigenvalue weighted by molar-refractivity contribution is -0.117. The zero-order valence-corrected chi connectivity index (χ0v) is 16.2. The Morgan fingerprint density at radius 2 is 1.65 bits per heavy atom. The van der Waals surface area contributed by atoms with Gasteiger partial charge in [0.15, 0.2) is 0 Å². The summed E-state index contributed by atoms with van der Waals surface area (Å²) in [4.78, 5) is 12.4. The predicted octanol–water partition coefficient (Wildman–Crippen LogP) is 3.01. The van der Waals surface area contributed by atoms with Gasteiger partial charge in [-0.1, -0.05) is 6.07 Å². The standard InChI is InChI=1S/C19H24N2O4S/c1-5-25-17-6-8-18(9-7-17)26(23,24)21-15(4)19(22)20-16-11-13(2)10-14(3)12-16/h6-12,15,21H,5H2,1-4H3,(H,20,22)/t15-/m0/s1. The molecule has 2 N–H and O–H groups in total. The molecule has 140 valence electrons. The molecule has 0 spiro atoms. The van der Waals surface area contributed by atoms with Gasteiger partial charge in [-0.15, -0.1) is 0 Å². The number of carbonyl (C=O) groups is 1. The third-order valence-corrected chi connectivity index (χ3v) is 5.22. The fourth-order valence-corrected chi connectivity index (χ4v) is 3.74. The maximum atomic E-state index is 12.4. The normalized spacial score (nSPS) is 12.5. The highest BCUT2D eigenvalue weighted by molar-refractivity contribution is 7.89. The number of aryl methyl sites for hydroxylation is 2. The molecule has 0 aliphatic rings. The van der Waals surface area contributed by atoms with Crippen LogP contribution >= 0.6 is 0 Å². The summed E-state index contributed by atoms with van der Waals surface area (Å²) in [5, 5.41) is 2.74. The number of anilines is 1. The van der Waals surface area contributed by atoms with Crippen LogP contribution in [0.2, 0.25) is 0 Å². The molecule has 0 saturated heterocycles. The van der Waals surface area contributed by atoms with Crippen LogP contribution in [0, 0.1) is 13.8 Å². The number of benzene rings is 2. The second kappa shape index (κ2) is 8.33. The van der Waals surface area contributed by atoms with Crippen LogP contribution in [-0.2, 0) is 14.8 Å². The molecule has 0 aliphatic carbocycles. The van der Waals surface area contributed by atoms with Crippen LogP contribution in [0.25, 0.3) is 0 Å². The number of nitrogens with one attached hydrogen (secondary N) is 2. The second-order valence-corrected chi connectivity index (χ2v) is 7.83. The number of rotatable bonds is 7. The summed E-state index contributed by atoms with van der Waals surface area (Å²) in [5.41, 5.74) is 2.67. The monoisotopic (exact) mass is 376 g/mol. The Kier molecular flexibility index (Phi) is 6.39. The summed E-state index contributed by atoms with van der Waals surface area (Å²) in [6, 6.07) is 10.8. The topological polar surface area (TPSA) is 84.5 Å². The van der Waals surface area contributed by atoms with E-state index in [9.17, 15) is 13.2 Å². The number of hydrogen-bond acceptors (Lipinski definition) is 4. The minimum Gasteiger partial charge on any atom is -0.494 e. The molecule has 0 radical (unpaired) electrons. The molecule has 2 aromatic carbocycles. The Balaban J connectivity index is 2.06. The first-order chi connectivity index (χ1) is 12.2. The molecule has 0 fully saturated rings. The number of amides is 1. The Morgan fingerprint density at radius 1 is 1.08 bits per heavy atom. The lowest BCUT2D eigenvalue weighted by Crippen LogP contribution is -2.41. The van der Waals surface area contributed by atoms with Gasteiger partial charge in [0, 0.05) is 5.69 Å². The van der Waals surface area contributed by atoms with Crippen molar-refractivity contribution in [2.45, 2.75) is 38.6 Å². The molecule has 2 aromatic rings. The van der Waals surface area contributed by atoms with Crippen LogP contribution < -0.4 is 14.8 Å². The van der Waals surface area contributed by atoms with E-state index < -0.39 is 22.0 Å². The van der Waals surface area contributed by atoms with Crippen molar-refractivity contribution < 1.29 is 17.9 Å². The molecule has 2 rings (SSSR count). The average molecular weight is 376 g/mol. The predicted molar refractivity (Wildman–Crippen MR) is 102 cm³/mol. The molecular weight excluding hydrogens is 352 g/mol. The third-order valence-electron chi connectivity index (χ3n) is 3.66. The van der Waals surface area contributed by atoms with Crippen molar-refractivity contribution in [3.8, 4) is 5.75 Å². The number of sulfonamides is 1. The van der Waals surface area contributed by atoms with E-state index in [4.69, 9.17) is 4.74 Å². The van der Waals surface area contributed by atoms with Crippen molar-refractivity contribution in [2.75, 3.05) is 11.9 Å². The van der Waals surface area contributed by atoms with Crippen LogP contribution in [0.3, 0.4) is 0 Å². The van der Waals surface area contributed by atoms with Crippen molar-refractivity contribution in [1.29, 1.82) is 0 Å². The van der Waals surface area contributed by atoms with E-state index in [0.29, 0.717) is 18.0 Å². The van der Waals surface area contributed by atoms with E-state index in [2.05, 4.69) is 10.0 Å². The van der Waals surface area contributed by atoms with E-state index in [1.54, 1.807) is 12.1 Å². The van der Waals surface area contributed by atoms with Gasteiger partial charge in [0.1, 0.15) is 5.75 Å². The maximum Gasteiger partial charge on any atom is 0.242 e. The quantitative estimate of drug-likeness (QED) is 0.778. The average Bonchev–Trinajstić information content (AvgIpc) is 2.54. The van der Waals surface area contributed by atoms with Crippen molar-refractivity contribution in [3.05, 3.63) is 53.6 Å². The summed E-state index contributed by atoms with van der Waals surface area (Å²) in [7, 11) is -3.81. The van der Waals surface area contributed by atoms with Crippen molar-refractivity contribution in [1.82, 2.24) is 4.72 Å². The zero-order valence-electron chi connectivity index (χ0n) is 15.4. The van der Waals surface area contributed by atoms with Crippen LogP contribution in [0.15, 0.2) is 47.4 Å². The zero-order chi connectivity index (χ0) is 19.3. The molecule has 1 atom stereocenters. The van der Waals surface area contributed by atoms with Crippen molar-refractivity contribution >= 4 is 21.6 Å². The molecule has 26 heavy (non-hydrogen) atoms. The molecule has 0 aliphatic heterocycles. The fourth-order valence-electron chi connectivity index (χ4n) is 2.53. The van der Waals surface area contributed by atoms with Gasteiger partial charge in [0.05, 0.1) is 17.5 Å². The molecule has 6 nitrogen and oxygen atoms in total. The van der Waals surface area contributed by atoms with Crippen LogP contribution in [-0.4, -0.2) is 27.0 Å². The van der Waals surface area contributed by atoms with Gasteiger partial charge in [-0.2, -0.15) is 4.72 Å². The molecule has 0 heterocycles. The number of ether oxygens (including phenoxy) is 1. The van der Waals surface area contributed by atoms with E-state index in [1.807, 2.05) is 39.0 Å². The fraction of sp³-hybridized carbons (Fsp3) is 0.316. The van der Waals surface area contributed by atoms with E-state index in [0.717, 1.165) is 11.1 Å². The van der Waals surface area contributed by atoms with Crippen LogP contribution in [0.4, 0.5) is 5.69 Å². The van der Waals surface area contributed by atoms with Crippen molar-refractivity contribution in [2.24, 2.45) is 0 Å². The highest BCUT2D eigenvalue weighted by atomic mass is 32.2. The molecular formula is C19H24N2O4S. The smallest absolute Gasteiger partial charge is 0.242 e. The van der Waals surface area contributed by atoms with Gasteiger partial charge in [0.2, 0.25) is 15.9 Å². The first-order valence-electron chi connectivity index (χ1n) is 8.35. The van der Waals surface area contributed by atoms with Crippen LogP contribution in [0.1, 0.15) is 25.0 Å². The molecule has 0 aromatic heterocycles. The first kappa shape index (κ1) is 19.9. The number of carbonyl (C=O) groups excluding carboxylic acids is 1. The highest BCUT2D eigenvalue weighted by Crippen LogP contribution is 2.17. The lowest BCUT2D eigenvalue weighted by Gasteiger charge is -2.15. The Morgan fingerprint density at radius 3 is 2.19 bits per heavy atom. The Bertz CT molecular complexity index is 857. The minimum absolute atomic E-state index is 0.0759. The van der Waals surface area contributed by atoms with Gasteiger partial charge in [-0.25, -0.2) is 8.42 Å². The molecule has 1 amide bonds. The van der Waals surface area contributed by atoms with Gasteiger partial charge in [0.25, 0.3) is 0 Å². The summed E-state index contributed by atoms with van der Waals surface area (Å²) in [6.07, 6.45) is 0.